The first kappa shape index (κ1) is 18.8. The minimum Gasteiger partial charge on any atom is -0.494 e. The number of benzene rings is 1. The van der Waals surface area contributed by atoms with E-state index in [1.165, 1.54) is 6.42 Å². The van der Waals surface area contributed by atoms with Gasteiger partial charge in [-0.1, -0.05) is 13.0 Å². The van der Waals surface area contributed by atoms with Crippen molar-refractivity contribution in [1.82, 2.24) is 4.90 Å². The Balaban J connectivity index is 0.00000242. The smallest absolute Gasteiger partial charge is 0.253 e. The number of carbonyl (C=O) groups is 1. The van der Waals surface area contributed by atoms with Gasteiger partial charge in [0.1, 0.15) is 5.75 Å². The van der Waals surface area contributed by atoms with E-state index in [0.717, 1.165) is 43.7 Å². The summed E-state index contributed by atoms with van der Waals surface area (Å²) in [6, 6.07) is 7.51. The topological polar surface area (TPSA) is 55.6 Å². The Morgan fingerprint density at radius 3 is 3.00 bits per heavy atom. The molecule has 22 heavy (non-hydrogen) atoms. The fraction of sp³-hybridized carbons (Fsp3) is 0.588. The Morgan fingerprint density at radius 1 is 1.45 bits per heavy atom. The number of carbonyl (C=O) groups excluding carboxylic acids is 1. The Morgan fingerprint density at radius 2 is 2.27 bits per heavy atom. The highest BCUT2D eigenvalue weighted by Gasteiger charge is 2.24. The molecular formula is C17H27ClN2O2. The average molecular weight is 327 g/mol. The largest absolute Gasteiger partial charge is 0.494 e. The van der Waals surface area contributed by atoms with Crippen molar-refractivity contribution in [2.24, 2.45) is 11.7 Å². The molecule has 1 aliphatic rings. The highest BCUT2D eigenvalue weighted by atomic mass is 35.5. The molecule has 0 aliphatic carbocycles. The third-order valence-corrected chi connectivity index (χ3v) is 3.93. The zero-order valence-corrected chi connectivity index (χ0v) is 14.1. The van der Waals surface area contributed by atoms with Gasteiger partial charge in [0.05, 0.1) is 6.61 Å². The molecule has 0 spiro atoms. The third-order valence-electron chi connectivity index (χ3n) is 3.93. The van der Waals surface area contributed by atoms with Crippen molar-refractivity contribution in [2.45, 2.75) is 32.6 Å². The zero-order chi connectivity index (χ0) is 15.1. The molecule has 1 fully saturated rings. The molecular weight excluding hydrogens is 300 g/mol. The normalized spacial score (nSPS) is 17.7. The molecule has 124 valence electrons. The highest BCUT2D eigenvalue weighted by Crippen LogP contribution is 2.22. The molecule has 0 aromatic heterocycles. The van der Waals surface area contributed by atoms with Gasteiger partial charge in [-0.2, -0.15) is 0 Å². The number of amides is 1. The molecule has 1 aliphatic heterocycles. The number of likely N-dealkylation sites (tertiary alicyclic amines) is 1. The van der Waals surface area contributed by atoms with Gasteiger partial charge in [0.25, 0.3) is 5.91 Å². The summed E-state index contributed by atoms with van der Waals surface area (Å²) in [5, 5.41) is 0. The van der Waals surface area contributed by atoms with E-state index in [0.29, 0.717) is 19.1 Å². The maximum absolute atomic E-state index is 12.6. The second-order valence-electron chi connectivity index (χ2n) is 5.71. The lowest BCUT2D eigenvalue weighted by Gasteiger charge is -2.32. The van der Waals surface area contributed by atoms with Gasteiger partial charge in [-0.05, 0) is 56.3 Å². The van der Waals surface area contributed by atoms with Crippen molar-refractivity contribution in [3.8, 4) is 5.75 Å². The molecule has 5 heteroatoms. The van der Waals surface area contributed by atoms with Crippen molar-refractivity contribution in [3.05, 3.63) is 29.8 Å². The Labute approximate surface area is 139 Å². The van der Waals surface area contributed by atoms with Crippen LogP contribution in [0.15, 0.2) is 24.3 Å². The number of piperidine rings is 1. The molecule has 1 aromatic carbocycles. The quantitative estimate of drug-likeness (QED) is 0.874. The van der Waals surface area contributed by atoms with Crippen LogP contribution in [0, 0.1) is 5.92 Å². The van der Waals surface area contributed by atoms with Gasteiger partial charge < -0.3 is 15.4 Å². The summed E-state index contributed by atoms with van der Waals surface area (Å²) < 4.78 is 5.61. The van der Waals surface area contributed by atoms with E-state index < -0.39 is 0 Å². The summed E-state index contributed by atoms with van der Waals surface area (Å²) in [4.78, 5) is 14.6. The van der Waals surface area contributed by atoms with Crippen LogP contribution in [0.5, 0.6) is 5.75 Å². The summed E-state index contributed by atoms with van der Waals surface area (Å²) in [6.45, 7) is 5.13. The number of nitrogens with zero attached hydrogens (tertiary/aromatic N) is 1. The SMILES string of the molecule is CCCOc1cccc(C(=O)N2CCCC(CCN)C2)c1.Cl. The fourth-order valence-electron chi connectivity index (χ4n) is 2.84. The van der Waals surface area contributed by atoms with E-state index >= 15 is 0 Å². The van der Waals surface area contributed by atoms with Crippen molar-refractivity contribution < 1.29 is 9.53 Å². The van der Waals surface area contributed by atoms with Gasteiger partial charge in [0.15, 0.2) is 0 Å². The first-order valence-electron chi connectivity index (χ1n) is 7.96. The Kier molecular flexibility index (Phi) is 8.28. The van der Waals surface area contributed by atoms with Crippen molar-refractivity contribution >= 4 is 18.3 Å². The average Bonchev–Trinajstić information content (AvgIpc) is 2.53. The molecule has 0 bridgehead atoms. The van der Waals surface area contributed by atoms with Crippen molar-refractivity contribution in [3.63, 3.8) is 0 Å². The molecule has 4 nitrogen and oxygen atoms in total. The van der Waals surface area contributed by atoms with Gasteiger partial charge in [0, 0.05) is 18.7 Å². The fourth-order valence-corrected chi connectivity index (χ4v) is 2.84. The second kappa shape index (κ2) is 9.70. The number of rotatable bonds is 6. The number of ether oxygens (including phenoxy) is 1. The van der Waals surface area contributed by atoms with Gasteiger partial charge in [-0.25, -0.2) is 0 Å². The zero-order valence-electron chi connectivity index (χ0n) is 13.3. The molecule has 2 N–H and O–H groups in total. The molecule has 1 amide bonds. The lowest BCUT2D eigenvalue weighted by Crippen LogP contribution is -2.40. The van der Waals surface area contributed by atoms with Crippen LogP contribution >= 0.6 is 12.4 Å². The van der Waals surface area contributed by atoms with Crippen LogP contribution in [-0.4, -0.2) is 37.0 Å². The van der Waals surface area contributed by atoms with Crippen LogP contribution in [0.1, 0.15) is 43.0 Å². The number of nitrogens with two attached hydrogens (primary N) is 1. The van der Waals surface area contributed by atoms with Crippen LogP contribution in [0.4, 0.5) is 0 Å². The second-order valence-corrected chi connectivity index (χ2v) is 5.71. The summed E-state index contributed by atoms with van der Waals surface area (Å²) in [7, 11) is 0. The lowest BCUT2D eigenvalue weighted by atomic mass is 9.94. The summed E-state index contributed by atoms with van der Waals surface area (Å²) in [5.41, 5.74) is 6.36. The minimum absolute atomic E-state index is 0. The first-order valence-corrected chi connectivity index (χ1v) is 7.96. The van der Waals surface area contributed by atoms with Gasteiger partial charge >= 0.3 is 0 Å². The maximum Gasteiger partial charge on any atom is 0.253 e. The van der Waals surface area contributed by atoms with E-state index in [-0.39, 0.29) is 18.3 Å². The monoisotopic (exact) mass is 326 g/mol. The predicted molar refractivity (Wildman–Crippen MR) is 91.8 cm³/mol. The maximum atomic E-state index is 12.6. The molecule has 1 unspecified atom stereocenters. The third kappa shape index (κ3) is 5.18. The van der Waals surface area contributed by atoms with Crippen molar-refractivity contribution in [2.75, 3.05) is 26.2 Å². The summed E-state index contributed by atoms with van der Waals surface area (Å²) >= 11 is 0. The molecule has 1 saturated heterocycles. The molecule has 0 saturated carbocycles. The van der Waals surface area contributed by atoms with E-state index in [2.05, 4.69) is 6.92 Å². The van der Waals surface area contributed by atoms with Crippen LogP contribution in [0.25, 0.3) is 0 Å². The molecule has 0 radical (unpaired) electrons. The number of hydrogen-bond acceptors (Lipinski definition) is 3. The van der Waals surface area contributed by atoms with Crippen LogP contribution in [-0.2, 0) is 0 Å². The van der Waals surface area contributed by atoms with Crippen molar-refractivity contribution in [1.29, 1.82) is 0 Å². The van der Waals surface area contributed by atoms with Gasteiger partial charge in [0.2, 0.25) is 0 Å². The first-order chi connectivity index (χ1) is 10.2. The highest BCUT2D eigenvalue weighted by molar-refractivity contribution is 5.94. The van der Waals surface area contributed by atoms with Crippen LogP contribution in [0.3, 0.4) is 0 Å². The van der Waals surface area contributed by atoms with Crippen LogP contribution in [0.2, 0.25) is 0 Å². The van der Waals surface area contributed by atoms with E-state index in [1.54, 1.807) is 0 Å². The van der Waals surface area contributed by atoms with Crippen LogP contribution < -0.4 is 10.5 Å². The van der Waals surface area contributed by atoms with E-state index in [4.69, 9.17) is 10.5 Å². The standard InChI is InChI=1S/C17H26N2O2.ClH/c1-2-11-21-16-7-3-6-15(12-16)17(20)19-10-4-5-14(13-19)8-9-18;/h3,6-7,12,14H,2,4-5,8-11,13,18H2,1H3;1H. The predicted octanol–water partition coefficient (Wildman–Crippen LogP) is 3.10. The summed E-state index contributed by atoms with van der Waals surface area (Å²) in [5.74, 6) is 1.43. The van der Waals surface area contributed by atoms with E-state index in [9.17, 15) is 4.79 Å². The molecule has 1 heterocycles. The Hall–Kier alpha value is -1.26. The lowest BCUT2D eigenvalue weighted by molar-refractivity contribution is 0.0669. The Bertz CT molecular complexity index is 466. The molecule has 1 atom stereocenters. The number of halogens is 1. The van der Waals surface area contributed by atoms with E-state index in [1.807, 2.05) is 29.2 Å². The van der Waals surface area contributed by atoms with Gasteiger partial charge in [-0.15, -0.1) is 12.4 Å². The van der Waals surface area contributed by atoms with Gasteiger partial charge in [-0.3, -0.25) is 4.79 Å². The minimum atomic E-state index is 0. The summed E-state index contributed by atoms with van der Waals surface area (Å²) in [6.07, 6.45) is 4.22. The molecule has 2 rings (SSSR count). The number of hydrogen-bond donors (Lipinski definition) is 1. The molecule has 1 aromatic rings.